The van der Waals surface area contributed by atoms with Crippen LogP contribution in [0.25, 0.3) is 0 Å². The fraction of sp³-hybridized carbons (Fsp3) is 0.278. The Labute approximate surface area is 129 Å². The minimum atomic E-state index is -0.857. The molecule has 0 saturated heterocycles. The van der Waals surface area contributed by atoms with Crippen LogP contribution >= 0.6 is 0 Å². The van der Waals surface area contributed by atoms with Gasteiger partial charge in [0.25, 0.3) is 0 Å². The summed E-state index contributed by atoms with van der Waals surface area (Å²) in [7, 11) is 0. The third-order valence-corrected chi connectivity index (χ3v) is 3.56. The van der Waals surface area contributed by atoms with Crippen LogP contribution in [0.2, 0.25) is 0 Å². The van der Waals surface area contributed by atoms with Crippen molar-refractivity contribution in [2.75, 3.05) is 0 Å². The maximum absolute atomic E-state index is 13.3. The average Bonchev–Trinajstić information content (AvgIpc) is 2.47. The highest BCUT2D eigenvalue weighted by atomic mass is 19.1. The molecule has 0 heterocycles. The van der Waals surface area contributed by atoms with Crippen molar-refractivity contribution >= 4 is 5.91 Å². The molecule has 0 aliphatic heterocycles. The Bertz CT molecular complexity index is 641. The first-order chi connectivity index (χ1) is 10.4. The number of aliphatic hydroxyl groups excluding tert-OH is 1. The third kappa shape index (κ3) is 4.15. The molecule has 0 bridgehead atoms. The zero-order valence-electron chi connectivity index (χ0n) is 12.7. The van der Waals surface area contributed by atoms with E-state index >= 15 is 0 Å². The number of hydrogen-bond donors (Lipinski definition) is 2. The second kappa shape index (κ2) is 6.71. The molecule has 2 aromatic carbocycles. The normalized spacial score (nSPS) is 12.7. The van der Waals surface area contributed by atoms with E-state index in [1.165, 1.54) is 12.1 Å². The lowest BCUT2D eigenvalue weighted by molar-refractivity contribution is -0.124. The van der Waals surface area contributed by atoms with Gasteiger partial charge in [-0.15, -0.1) is 0 Å². The second-order valence-corrected chi connectivity index (χ2v) is 5.81. The summed E-state index contributed by atoms with van der Waals surface area (Å²) < 4.78 is 13.3. The van der Waals surface area contributed by atoms with E-state index in [9.17, 15) is 14.3 Å². The van der Waals surface area contributed by atoms with Gasteiger partial charge in [-0.3, -0.25) is 4.79 Å². The summed E-state index contributed by atoms with van der Waals surface area (Å²) in [6, 6.07) is 15.2. The highest BCUT2D eigenvalue weighted by Gasteiger charge is 2.24. The van der Waals surface area contributed by atoms with Crippen LogP contribution in [0.15, 0.2) is 54.6 Å². The fourth-order valence-electron chi connectivity index (χ4n) is 2.32. The van der Waals surface area contributed by atoms with Gasteiger partial charge < -0.3 is 10.4 Å². The van der Waals surface area contributed by atoms with Crippen LogP contribution in [0.1, 0.15) is 37.5 Å². The molecule has 0 aliphatic rings. The highest BCUT2D eigenvalue weighted by molar-refractivity contribution is 5.77. The van der Waals surface area contributed by atoms with Crippen LogP contribution in [-0.4, -0.2) is 11.0 Å². The molecule has 22 heavy (non-hydrogen) atoms. The first-order valence-corrected chi connectivity index (χ1v) is 7.18. The number of halogens is 1. The van der Waals surface area contributed by atoms with Gasteiger partial charge in [-0.25, -0.2) is 4.39 Å². The molecule has 2 aromatic rings. The Balaban J connectivity index is 2.02. The first-order valence-electron chi connectivity index (χ1n) is 7.18. The molecule has 2 N–H and O–H groups in total. The molecule has 0 radical (unpaired) electrons. The fourth-order valence-corrected chi connectivity index (χ4v) is 2.32. The summed E-state index contributed by atoms with van der Waals surface area (Å²) in [4.78, 5) is 12.1. The summed E-state index contributed by atoms with van der Waals surface area (Å²) in [5.41, 5.74) is 0.659. The van der Waals surface area contributed by atoms with Crippen molar-refractivity contribution in [3.63, 3.8) is 0 Å². The van der Waals surface area contributed by atoms with Crippen LogP contribution in [0.3, 0.4) is 0 Å². The van der Waals surface area contributed by atoms with Crippen molar-refractivity contribution < 1.29 is 14.3 Å². The minimum absolute atomic E-state index is 0.0389. The Morgan fingerprint density at radius 3 is 2.50 bits per heavy atom. The number of nitrogens with one attached hydrogen (secondary N) is 1. The Morgan fingerprint density at radius 1 is 1.18 bits per heavy atom. The number of aliphatic hydroxyl groups is 1. The van der Waals surface area contributed by atoms with Crippen molar-refractivity contribution in [1.29, 1.82) is 0 Å². The Hall–Kier alpha value is -2.20. The molecule has 3 nitrogen and oxygen atoms in total. The topological polar surface area (TPSA) is 49.3 Å². The molecular formula is C18H20FNO2. The zero-order valence-corrected chi connectivity index (χ0v) is 12.7. The van der Waals surface area contributed by atoms with E-state index in [-0.39, 0.29) is 18.1 Å². The quantitative estimate of drug-likeness (QED) is 0.890. The van der Waals surface area contributed by atoms with Gasteiger partial charge in [0.2, 0.25) is 5.91 Å². The number of hydrogen-bond acceptors (Lipinski definition) is 2. The van der Waals surface area contributed by atoms with Crippen molar-refractivity contribution in [1.82, 2.24) is 5.32 Å². The molecule has 2 rings (SSSR count). The SMILES string of the molecule is CC(C)(NC(=O)CC(O)c1ccccc1)c1cccc(F)c1. The van der Waals surface area contributed by atoms with Crippen LogP contribution in [-0.2, 0) is 10.3 Å². The van der Waals surface area contributed by atoms with Gasteiger partial charge in [0, 0.05) is 0 Å². The van der Waals surface area contributed by atoms with E-state index in [0.29, 0.717) is 11.1 Å². The maximum atomic E-state index is 13.3. The summed E-state index contributed by atoms with van der Waals surface area (Å²) in [5, 5.41) is 12.9. The predicted octanol–water partition coefficient (Wildman–Crippen LogP) is 3.30. The summed E-state index contributed by atoms with van der Waals surface area (Å²) in [6.07, 6.45) is -0.896. The van der Waals surface area contributed by atoms with Gasteiger partial charge in [0.05, 0.1) is 18.1 Å². The van der Waals surface area contributed by atoms with E-state index in [0.717, 1.165) is 0 Å². The molecule has 0 aromatic heterocycles. The number of rotatable bonds is 5. The van der Waals surface area contributed by atoms with Crippen molar-refractivity contribution in [2.24, 2.45) is 0 Å². The van der Waals surface area contributed by atoms with Crippen molar-refractivity contribution in [3.05, 3.63) is 71.5 Å². The van der Waals surface area contributed by atoms with E-state index in [4.69, 9.17) is 0 Å². The molecule has 0 fully saturated rings. The summed E-state index contributed by atoms with van der Waals surface area (Å²) in [6.45, 7) is 3.60. The highest BCUT2D eigenvalue weighted by Crippen LogP contribution is 2.22. The number of benzene rings is 2. The zero-order chi connectivity index (χ0) is 16.2. The Kier molecular flexibility index (Phi) is 4.93. The van der Waals surface area contributed by atoms with Gasteiger partial charge in [0.15, 0.2) is 0 Å². The van der Waals surface area contributed by atoms with Crippen LogP contribution in [0.5, 0.6) is 0 Å². The van der Waals surface area contributed by atoms with Gasteiger partial charge in [0.1, 0.15) is 5.82 Å². The Morgan fingerprint density at radius 2 is 1.86 bits per heavy atom. The van der Waals surface area contributed by atoms with Gasteiger partial charge >= 0.3 is 0 Å². The lowest BCUT2D eigenvalue weighted by atomic mass is 9.93. The monoisotopic (exact) mass is 301 g/mol. The summed E-state index contributed by atoms with van der Waals surface area (Å²) in [5.74, 6) is -0.630. The standard InChI is InChI=1S/C18H20FNO2/c1-18(2,14-9-6-10-15(19)11-14)20-17(22)12-16(21)13-7-4-3-5-8-13/h3-11,16,21H,12H2,1-2H3,(H,20,22). The molecule has 1 amide bonds. The summed E-state index contributed by atoms with van der Waals surface area (Å²) >= 11 is 0. The van der Waals surface area contributed by atoms with Gasteiger partial charge in [-0.2, -0.15) is 0 Å². The molecule has 1 unspecified atom stereocenters. The second-order valence-electron chi connectivity index (χ2n) is 5.81. The minimum Gasteiger partial charge on any atom is -0.388 e. The van der Waals surface area contributed by atoms with E-state index in [2.05, 4.69) is 5.32 Å². The maximum Gasteiger partial charge on any atom is 0.223 e. The largest absolute Gasteiger partial charge is 0.388 e. The molecule has 0 saturated carbocycles. The average molecular weight is 301 g/mol. The van der Waals surface area contributed by atoms with Crippen LogP contribution in [0, 0.1) is 5.82 Å². The van der Waals surface area contributed by atoms with Crippen LogP contribution < -0.4 is 5.32 Å². The molecule has 116 valence electrons. The van der Waals surface area contributed by atoms with Crippen molar-refractivity contribution in [3.8, 4) is 0 Å². The first kappa shape index (κ1) is 16.2. The predicted molar refractivity (Wildman–Crippen MR) is 83.6 cm³/mol. The van der Waals surface area contributed by atoms with Gasteiger partial charge in [-0.1, -0.05) is 42.5 Å². The van der Waals surface area contributed by atoms with Crippen molar-refractivity contribution in [2.45, 2.75) is 31.9 Å². The van der Waals surface area contributed by atoms with E-state index in [1.807, 2.05) is 18.2 Å². The number of carbonyl (C=O) groups excluding carboxylic acids is 1. The van der Waals surface area contributed by atoms with Crippen LogP contribution in [0.4, 0.5) is 4.39 Å². The molecule has 0 aliphatic carbocycles. The number of amides is 1. The van der Waals surface area contributed by atoms with Gasteiger partial charge in [-0.05, 0) is 37.1 Å². The lowest BCUT2D eigenvalue weighted by Crippen LogP contribution is -2.41. The molecular weight excluding hydrogens is 281 g/mol. The third-order valence-electron chi connectivity index (χ3n) is 3.56. The lowest BCUT2D eigenvalue weighted by Gasteiger charge is -2.27. The van der Waals surface area contributed by atoms with E-state index < -0.39 is 11.6 Å². The molecule has 1 atom stereocenters. The van der Waals surface area contributed by atoms with E-state index in [1.54, 1.807) is 38.1 Å². The number of carbonyl (C=O) groups is 1. The molecule has 4 heteroatoms. The smallest absolute Gasteiger partial charge is 0.223 e. The molecule has 0 spiro atoms.